The second-order valence-electron chi connectivity index (χ2n) is 12.2. The van der Waals surface area contributed by atoms with Crippen molar-refractivity contribution in [3.63, 3.8) is 0 Å². The van der Waals surface area contributed by atoms with Gasteiger partial charge in [-0.15, -0.1) is 11.3 Å². The Morgan fingerprint density at radius 1 is 0.953 bits per heavy atom. The van der Waals surface area contributed by atoms with Crippen molar-refractivity contribution in [3.05, 3.63) is 94.3 Å². The molecule has 0 saturated carbocycles. The van der Waals surface area contributed by atoms with Gasteiger partial charge in [-0.1, -0.05) is 32.9 Å². The number of para-hydroxylation sites is 1. The number of ketones is 2. The van der Waals surface area contributed by atoms with E-state index in [0.29, 0.717) is 33.7 Å². The van der Waals surface area contributed by atoms with Gasteiger partial charge in [-0.3, -0.25) is 14.4 Å². The fourth-order valence-corrected chi connectivity index (χ4v) is 5.83. The number of rotatable bonds is 10. The van der Waals surface area contributed by atoms with Gasteiger partial charge in [0.1, 0.15) is 23.1 Å². The second kappa shape index (κ2) is 11.3. The number of aromatic nitrogens is 2. The molecule has 0 amide bonds. The minimum absolute atomic E-state index is 0.0275. The molecule has 0 aliphatic rings. The van der Waals surface area contributed by atoms with Crippen LogP contribution in [0.4, 0.5) is 0 Å². The molecule has 3 heterocycles. The van der Waals surface area contributed by atoms with Gasteiger partial charge in [0.15, 0.2) is 5.78 Å². The van der Waals surface area contributed by atoms with Gasteiger partial charge >= 0.3 is 5.97 Å². The molecule has 8 nitrogen and oxygen atoms in total. The molecule has 0 unspecified atom stereocenters. The summed E-state index contributed by atoms with van der Waals surface area (Å²) in [5.41, 5.74) is 0.690. The minimum Gasteiger partial charge on any atom is -0.497 e. The molecule has 0 aliphatic carbocycles. The zero-order valence-electron chi connectivity index (χ0n) is 25.1. The molecule has 5 aromatic rings. The number of carbonyl (C=O) groups excluding carboxylic acids is 2. The number of carboxylic acids is 1. The Balaban J connectivity index is 1.67. The third-order valence-corrected chi connectivity index (χ3v) is 8.39. The molecular formula is C34H34N2O6S. The lowest BCUT2D eigenvalue weighted by atomic mass is 9.79. The smallest absolute Gasteiger partial charge is 0.309 e. The van der Waals surface area contributed by atoms with Crippen molar-refractivity contribution < 1.29 is 29.0 Å². The van der Waals surface area contributed by atoms with Crippen molar-refractivity contribution in [1.82, 2.24) is 9.38 Å². The summed E-state index contributed by atoms with van der Waals surface area (Å²) in [6, 6.07) is 18.1. The Morgan fingerprint density at radius 2 is 1.65 bits per heavy atom. The number of carbonyl (C=O) groups is 3. The van der Waals surface area contributed by atoms with Crippen LogP contribution in [-0.4, -0.2) is 39.1 Å². The van der Waals surface area contributed by atoms with Crippen molar-refractivity contribution in [2.45, 2.75) is 47.6 Å². The number of fused-ring (bicyclic) bond motifs is 2. The van der Waals surface area contributed by atoms with Gasteiger partial charge in [0.2, 0.25) is 5.78 Å². The van der Waals surface area contributed by atoms with Gasteiger partial charge in [0, 0.05) is 28.8 Å². The van der Waals surface area contributed by atoms with Gasteiger partial charge in [0.05, 0.1) is 34.0 Å². The SMILES string of the molecule is COc1ccc(C(=O)c2c(CC(C)(C)C(=O)O)c(C(=O)C(C)(C)C)c3cc(OCc4nc5ccccc5s4)ccn23)cc1. The van der Waals surface area contributed by atoms with Crippen molar-refractivity contribution in [1.29, 1.82) is 0 Å². The number of ether oxygens (including phenoxy) is 2. The average molecular weight is 599 g/mol. The van der Waals surface area contributed by atoms with Crippen LogP contribution in [0, 0.1) is 10.8 Å². The summed E-state index contributed by atoms with van der Waals surface area (Å²) in [7, 11) is 1.55. The Hall–Kier alpha value is -4.50. The second-order valence-corrected chi connectivity index (χ2v) is 13.3. The van der Waals surface area contributed by atoms with Crippen LogP contribution in [0.15, 0.2) is 66.9 Å². The molecule has 3 aromatic heterocycles. The summed E-state index contributed by atoms with van der Waals surface area (Å²) in [5.74, 6) is -0.454. The molecule has 0 aliphatic heterocycles. The molecule has 0 fully saturated rings. The molecule has 5 rings (SSSR count). The highest BCUT2D eigenvalue weighted by Crippen LogP contribution is 2.37. The van der Waals surface area contributed by atoms with E-state index >= 15 is 0 Å². The summed E-state index contributed by atoms with van der Waals surface area (Å²) in [6.07, 6.45) is 1.68. The topological polar surface area (TPSA) is 107 Å². The standard InChI is InChI=1S/C34H34N2O6S/c1-33(2,3)31(38)28-23(18-34(4,5)32(39)40)29(30(37)20-11-13-21(41-6)14-12-20)36-16-15-22(17-25(28)36)42-19-27-35-24-9-7-8-10-26(24)43-27/h7-17H,18-19H2,1-6H3,(H,39,40). The fraction of sp³-hybridized carbons (Fsp3) is 0.294. The van der Waals surface area contributed by atoms with E-state index in [1.807, 2.05) is 45.0 Å². The largest absolute Gasteiger partial charge is 0.497 e. The van der Waals surface area contributed by atoms with E-state index in [1.54, 1.807) is 79.3 Å². The number of nitrogens with zero attached hydrogens (tertiary/aromatic N) is 2. The number of Topliss-reactive ketones (excluding diaryl/α,β-unsaturated/α-hetero) is 1. The Kier molecular flexibility index (Phi) is 7.88. The van der Waals surface area contributed by atoms with Crippen LogP contribution in [0.5, 0.6) is 11.5 Å². The van der Waals surface area contributed by atoms with E-state index in [9.17, 15) is 19.5 Å². The summed E-state index contributed by atoms with van der Waals surface area (Å²) in [5, 5.41) is 10.8. The molecule has 0 spiro atoms. The van der Waals surface area contributed by atoms with Crippen molar-refractivity contribution in [3.8, 4) is 11.5 Å². The van der Waals surface area contributed by atoms with Crippen molar-refractivity contribution in [2.24, 2.45) is 10.8 Å². The van der Waals surface area contributed by atoms with Gasteiger partial charge < -0.3 is 19.0 Å². The first-order chi connectivity index (χ1) is 20.3. The van der Waals surface area contributed by atoms with E-state index in [0.717, 1.165) is 15.2 Å². The number of methoxy groups -OCH3 is 1. The minimum atomic E-state index is -1.25. The quantitative estimate of drug-likeness (QED) is 0.169. The highest BCUT2D eigenvalue weighted by Gasteiger charge is 2.37. The van der Waals surface area contributed by atoms with Gasteiger partial charge in [-0.05, 0) is 68.3 Å². The highest BCUT2D eigenvalue weighted by molar-refractivity contribution is 7.18. The molecule has 0 radical (unpaired) electrons. The predicted octanol–water partition coefficient (Wildman–Crippen LogP) is 7.25. The first-order valence-corrected chi connectivity index (χ1v) is 14.7. The van der Waals surface area contributed by atoms with Gasteiger partial charge in [-0.25, -0.2) is 4.98 Å². The zero-order valence-corrected chi connectivity index (χ0v) is 25.9. The molecule has 222 valence electrons. The first-order valence-electron chi connectivity index (χ1n) is 13.9. The number of hydrogen-bond donors (Lipinski definition) is 1. The molecule has 1 N–H and O–H groups in total. The van der Waals surface area contributed by atoms with E-state index in [4.69, 9.17) is 9.47 Å². The molecule has 43 heavy (non-hydrogen) atoms. The third-order valence-electron chi connectivity index (χ3n) is 7.38. The van der Waals surface area contributed by atoms with Crippen LogP contribution in [0.25, 0.3) is 15.7 Å². The maximum Gasteiger partial charge on any atom is 0.309 e. The van der Waals surface area contributed by atoms with E-state index < -0.39 is 16.8 Å². The van der Waals surface area contributed by atoms with Crippen LogP contribution in [0.2, 0.25) is 0 Å². The van der Waals surface area contributed by atoms with Gasteiger partial charge in [-0.2, -0.15) is 0 Å². The Labute approximate surface area is 253 Å². The van der Waals surface area contributed by atoms with Crippen molar-refractivity contribution >= 4 is 44.6 Å². The number of pyridine rings is 1. The average Bonchev–Trinajstić information content (AvgIpc) is 3.52. The summed E-state index contributed by atoms with van der Waals surface area (Å²) < 4.78 is 14.1. The van der Waals surface area contributed by atoms with Gasteiger partial charge in [0.25, 0.3) is 0 Å². The highest BCUT2D eigenvalue weighted by atomic mass is 32.1. The summed E-state index contributed by atoms with van der Waals surface area (Å²) in [6.45, 7) is 8.85. The molecule has 0 bridgehead atoms. The lowest BCUT2D eigenvalue weighted by molar-refractivity contribution is -0.146. The monoisotopic (exact) mass is 598 g/mol. The van der Waals surface area contributed by atoms with Crippen molar-refractivity contribution in [2.75, 3.05) is 7.11 Å². The summed E-state index contributed by atoms with van der Waals surface area (Å²) in [4.78, 5) is 45.1. The lowest BCUT2D eigenvalue weighted by Gasteiger charge is -2.22. The van der Waals surface area contributed by atoms with Crippen LogP contribution < -0.4 is 9.47 Å². The van der Waals surface area contributed by atoms with Crippen LogP contribution >= 0.6 is 11.3 Å². The third kappa shape index (κ3) is 5.90. The predicted molar refractivity (Wildman–Crippen MR) is 167 cm³/mol. The molecule has 0 atom stereocenters. The maximum absolute atomic E-state index is 14.1. The molecule has 2 aromatic carbocycles. The number of benzene rings is 2. The molecule has 0 saturated heterocycles. The normalized spacial score (nSPS) is 12.0. The fourth-order valence-electron chi connectivity index (χ4n) is 4.95. The number of hydrogen-bond acceptors (Lipinski definition) is 7. The van der Waals surface area contributed by atoms with E-state index in [2.05, 4.69) is 4.98 Å². The zero-order chi connectivity index (χ0) is 31.1. The van der Waals surface area contributed by atoms with E-state index in [-0.39, 0.29) is 30.3 Å². The summed E-state index contributed by atoms with van der Waals surface area (Å²) >= 11 is 1.55. The molecular weight excluding hydrogens is 564 g/mol. The first kappa shape index (κ1) is 30.0. The van der Waals surface area contributed by atoms with Crippen LogP contribution in [0.3, 0.4) is 0 Å². The number of carboxylic acid groups (broad SMARTS) is 1. The maximum atomic E-state index is 14.1. The number of thiazole rings is 1. The number of aliphatic carboxylic acids is 1. The van der Waals surface area contributed by atoms with E-state index in [1.165, 1.54) is 0 Å². The molecule has 9 heteroatoms. The Morgan fingerprint density at radius 3 is 2.28 bits per heavy atom. The van der Waals surface area contributed by atoms with Crippen LogP contribution in [0.1, 0.15) is 71.6 Å². The lowest BCUT2D eigenvalue weighted by Crippen LogP contribution is -2.29. The van der Waals surface area contributed by atoms with Crippen LogP contribution in [-0.2, 0) is 17.8 Å². The Bertz CT molecular complexity index is 1820.